The maximum atomic E-state index is 12.9. The van der Waals surface area contributed by atoms with Crippen molar-refractivity contribution in [2.75, 3.05) is 0 Å². The molecule has 6 heteroatoms. The summed E-state index contributed by atoms with van der Waals surface area (Å²) in [6, 6.07) is 20.7. The van der Waals surface area contributed by atoms with Crippen molar-refractivity contribution in [1.82, 2.24) is 10.6 Å². The third-order valence-corrected chi connectivity index (χ3v) is 4.90. The van der Waals surface area contributed by atoms with E-state index in [1.165, 1.54) is 6.92 Å². The van der Waals surface area contributed by atoms with Gasteiger partial charge < -0.3 is 15.7 Å². The lowest BCUT2D eigenvalue weighted by atomic mass is 9.98. The fourth-order valence-corrected chi connectivity index (χ4v) is 3.47. The van der Waals surface area contributed by atoms with Gasteiger partial charge in [0.05, 0.1) is 0 Å². The number of amides is 2. The zero-order chi connectivity index (χ0) is 21.5. The summed E-state index contributed by atoms with van der Waals surface area (Å²) in [6.45, 7) is 1.33. The quantitative estimate of drug-likeness (QED) is 0.538. The van der Waals surface area contributed by atoms with Crippen molar-refractivity contribution in [3.8, 4) is 0 Å². The Kier molecular flexibility index (Phi) is 6.80. The Labute approximate surface area is 174 Å². The molecule has 0 radical (unpaired) electrons. The third-order valence-electron chi connectivity index (χ3n) is 4.90. The van der Waals surface area contributed by atoms with E-state index in [4.69, 9.17) is 0 Å². The summed E-state index contributed by atoms with van der Waals surface area (Å²) in [7, 11) is 0. The molecule has 0 aromatic heterocycles. The molecule has 6 nitrogen and oxygen atoms in total. The van der Waals surface area contributed by atoms with Crippen molar-refractivity contribution in [2.24, 2.45) is 0 Å². The molecule has 3 N–H and O–H groups in total. The van der Waals surface area contributed by atoms with E-state index in [1.54, 1.807) is 0 Å². The molecule has 154 valence electrons. The zero-order valence-electron chi connectivity index (χ0n) is 16.7. The first kappa shape index (κ1) is 21.0. The molecule has 0 spiro atoms. The number of aliphatic carboxylic acids is 1. The second-order valence-corrected chi connectivity index (χ2v) is 7.18. The van der Waals surface area contributed by atoms with E-state index in [9.17, 15) is 19.5 Å². The van der Waals surface area contributed by atoms with E-state index < -0.39 is 24.0 Å². The first-order valence-electron chi connectivity index (χ1n) is 9.75. The van der Waals surface area contributed by atoms with Gasteiger partial charge in [-0.2, -0.15) is 0 Å². The molecule has 0 bridgehead atoms. The number of fused-ring (bicyclic) bond motifs is 1. The van der Waals surface area contributed by atoms with Crippen LogP contribution in [0.25, 0.3) is 10.8 Å². The van der Waals surface area contributed by atoms with Gasteiger partial charge in [0.1, 0.15) is 12.1 Å². The van der Waals surface area contributed by atoms with E-state index in [1.807, 2.05) is 72.8 Å². The third kappa shape index (κ3) is 5.44. The predicted molar refractivity (Wildman–Crippen MR) is 115 cm³/mol. The number of nitrogens with one attached hydrogen (secondary N) is 2. The Balaban J connectivity index is 1.79. The van der Waals surface area contributed by atoms with Gasteiger partial charge in [0.25, 0.3) is 0 Å². The monoisotopic (exact) mass is 404 g/mol. The van der Waals surface area contributed by atoms with Crippen LogP contribution < -0.4 is 10.6 Å². The van der Waals surface area contributed by atoms with Crippen molar-refractivity contribution in [2.45, 2.75) is 31.8 Å². The van der Waals surface area contributed by atoms with Crippen LogP contribution in [0.2, 0.25) is 0 Å². The molecular formula is C24H24N2O4. The first-order chi connectivity index (χ1) is 14.4. The van der Waals surface area contributed by atoms with Crippen LogP contribution in [0.15, 0.2) is 72.8 Å². The van der Waals surface area contributed by atoms with Crippen molar-refractivity contribution >= 4 is 28.6 Å². The number of rotatable bonds is 8. The van der Waals surface area contributed by atoms with Gasteiger partial charge in [-0.15, -0.1) is 0 Å². The van der Waals surface area contributed by atoms with Crippen LogP contribution in [-0.4, -0.2) is 35.0 Å². The topological polar surface area (TPSA) is 95.5 Å². The minimum atomic E-state index is -1.13. The first-order valence-corrected chi connectivity index (χ1v) is 9.75. The van der Waals surface area contributed by atoms with Crippen molar-refractivity contribution in [3.63, 3.8) is 0 Å². The van der Waals surface area contributed by atoms with Gasteiger partial charge in [0.15, 0.2) is 0 Å². The average molecular weight is 404 g/mol. The Morgan fingerprint density at radius 3 is 2.17 bits per heavy atom. The Morgan fingerprint density at radius 1 is 0.800 bits per heavy atom. The van der Waals surface area contributed by atoms with E-state index in [0.717, 1.165) is 21.9 Å². The van der Waals surface area contributed by atoms with Crippen molar-refractivity contribution in [3.05, 3.63) is 83.9 Å². The van der Waals surface area contributed by atoms with E-state index in [2.05, 4.69) is 10.6 Å². The summed E-state index contributed by atoms with van der Waals surface area (Å²) in [6.07, 6.45) is 0.410. The summed E-state index contributed by atoms with van der Waals surface area (Å²) in [5.74, 6) is -2.01. The Hall–Kier alpha value is -3.67. The van der Waals surface area contributed by atoms with Gasteiger partial charge in [-0.25, -0.2) is 4.79 Å². The van der Waals surface area contributed by atoms with Crippen LogP contribution >= 0.6 is 0 Å². The molecule has 2 atom stereocenters. The SMILES string of the molecule is CC(=O)N[C@H](Cc1ccccc1)C(=O)N[C@@H](Cc1cccc2ccccc12)C(=O)O. The molecule has 0 heterocycles. The van der Waals surface area contributed by atoms with Crippen molar-refractivity contribution < 1.29 is 19.5 Å². The fourth-order valence-electron chi connectivity index (χ4n) is 3.47. The predicted octanol–water partition coefficient (Wildman–Crippen LogP) is 2.70. The smallest absolute Gasteiger partial charge is 0.326 e. The largest absolute Gasteiger partial charge is 0.480 e. The van der Waals surface area contributed by atoms with E-state index in [0.29, 0.717) is 0 Å². The molecule has 0 saturated heterocycles. The molecule has 0 aliphatic rings. The second-order valence-electron chi connectivity index (χ2n) is 7.18. The lowest BCUT2D eigenvalue weighted by Gasteiger charge is -2.21. The van der Waals surface area contributed by atoms with Crippen LogP contribution in [-0.2, 0) is 27.2 Å². The molecule has 3 aromatic carbocycles. The molecule has 0 fully saturated rings. The summed E-state index contributed by atoms with van der Waals surface area (Å²) in [4.78, 5) is 36.3. The molecule has 2 amide bonds. The average Bonchev–Trinajstić information content (AvgIpc) is 2.73. The van der Waals surface area contributed by atoms with Crippen LogP contribution in [0.1, 0.15) is 18.1 Å². The van der Waals surface area contributed by atoms with Crippen LogP contribution in [0.5, 0.6) is 0 Å². The summed E-state index contributed by atoms with van der Waals surface area (Å²) >= 11 is 0. The van der Waals surface area contributed by atoms with Crippen LogP contribution in [0.4, 0.5) is 0 Å². The number of carbonyl (C=O) groups excluding carboxylic acids is 2. The highest BCUT2D eigenvalue weighted by molar-refractivity contribution is 5.91. The minimum Gasteiger partial charge on any atom is -0.480 e. The second kappa shape index (κ2) is 9.69. The lowest BCUT2D eigenvalue weighted by molar-refractivity contribution is -0.142. The maximum Gasteiger partial charge on any atom is 0.326 e. The van der Waals surface area contributed by atoms with Gasteiger partial charge in [0, 0.05) is 19.8 Å². The van der Waals surface area contributed by atoms with Crippen molar-refractivity contribution in [1.29, 1.82) is 0 Å². The molecule has 0 aliphatic carbocycles. The van der Waals surface area contributed by atoms with Crippen LogP contribution in [0.3, 0.4) is 0 Å². The number of hydrogen-bond donors (Lipinski definition) is 3. The maximum absolute atomic E-state index is 12.9. The normalized spacial score (nSPS) is 12.7. The Bertz CT molecular complexity index is 1040. The fraction of sp³-hybridized carbons (Fsp3) is 0.208. The number of benzene rings is 3. The number of carbonyl (C=O) groups is 3. The lowest BCUT2D eigenvalue weighted by Crippen LogP contribution is -2.52. The number of hydrogen-bond acceptors (Lipinski definition) is 3. The summed E-state index contributed by atoms with van der Waals surface area (Å²) < 4.78 is 0. The molecule has 3 aromatic rings. The Morgan fingerprint density at radius 2 is 1.47 bits per heavy atom. The molecule has 0 saturated carbocycles. The van der Waals surface area contributed by atoms with E-state index in [-0.39, 0.29) is 18.7 Å². The summed E-state index contributed by atoms with van der Waals surface area (Å²) in [5, 5.41) is 16.9. The molecule has 0 unspecified atom stereocenters. The highest BCUT2D eigenvalue weighted by Crippen LogP contribution is 2.20. The van der Waals surface area contributed by atoms with Gasteiger partial charge in [0.2, 0.25) is 11.8 Å². The highest BCUT2D eigenvalue weighted by atomic mass is 16.4. The number of carboxylic acids is 1. The van der Waals surface area contributed by atoms with Crippen LogP contribution in [0, 0.1) is 0 Å². The number of carboxylic acid groups (broad SMARTS) is 1. The van der Waals surface area contributed by atoms with Gasteiger partial charge >= 0.3 is 5.97 Å². The zero-order valence-corrected chi connectivity index (χ0v) is 16.7. The molecule has 30 heavy (non-hydrogen) atoms. The molecule has 3 rings (SSSR count). The highest BCUT2D eigenvalue weighted by Gasteiger charge is 2.26. The molecular weight excluding hydrogens is 380 g/mol. The molecule has 0 aliphatic heterocycles. The van der Waals surface area contributed by atoms with E-state index >= 15 is 0 Å². The minimum absolute atomic E-state index is 0.139. The van der Waals surface area contributed by atoms with Gasteiger partial charge in [-0.3, -0.25) is 9.59 Å². The van der Waals surface area contributed by atoms with Gasteiger partial charge in [-0.05, 0) is 21.9 Å². The van der Waals surface area contributed by atoms with Gasteiger partial charge in [-0.1, -0.05) is 72.8 Å². The summed E-state index contributed by atoms with van der Waals surface area (Å²) in [5.41, 5.74) is 1.70. The standard InChI is InChI=1S/C24H24N2O4/c1-16(27)25-21(14-17-8-3-2-4-9-17)23(28)26-22(24(29)30)15-19-12-7-11-18-10-5-6-13-20(18)19/h2-13,21-22H,14-15H2,1H3,(H,25,27)(H,26,28)(H,29,30)/t21-,22+/m1/s1.